The minimum atomic E-state index is -0.263. The summed E-state index contributed by atoms with van der Waals surface area (Å²) in [6.07, 6.45) is 0. The maximum absolute atomic E-state index is 11.3. The second kappa shape index (κ2) is 6.77. The molecule has 3 aromatic rings. The van der Waals surface area contributed by atoms with Crippen LogP contribution in [-0.2, 0) is 11.4 Å². The number of alkyl halides is 1. The van der Waals surface area contributed by atoms with Crippen molar-refractivity contribution < 1.29 is 9.53 Å². The van der Waals surface area contributed by atoms with Crippen LogP contribution in [0.2, 0.25) is 0 Å². The average Bonchev–Trinajstić information content (AvgIpc) is 2.95. The Balaban J connectivity index is 1.73. The number of fused-ring (bicyclic) bond motifs is 1. The van der Waals surface area contributed by atoms with E-state index in [0.717, 1.165) is 21.5 Å². The molecular formula is C16H13ClN2O2S. The monoisotopic (exact) mass is 332 g/mol. The van der Waals surface area contributed by atoms with Crippen molar-refractivity contribution >= 4 is 44.2 Å². The van der Waals surface area contributed by atoms with Gasteiger partial charge in [0.05, 0.1) is 10.2 Å². The van der Waals surface area contributed by atoms with Gasteiger partial charge in [-0.25, -0.2) is 4.98 Å². The number of halogens is 1. The molecule has 1 N–H and O–H groups in total. The van der Waals surface area contributed by atoms with Gasteiger partial charge in [-0.05, 0) is 23.8 Å². The Morgan fingerprint density at radius 1 is 1.23 bits per heavy atom. The summed E-state index contributed by atoms with van der Waals surface area (Å²) in [5.74, 6) is 0.429. The number of hydrogen-bond donors (Lipinski definition) is 1. The van der Waals surface area contributed by atoms with Crippen LogP contribution in [0.5, 0.6) is 5.75 Å². The molecule has 4 nitrogen and oxygen atoms in total. The van der Waals surface area contributed by atoms with E-state index in [2.05, 4.69) is 10.3 Å². The van der Waals surface area contributed by atoms with Crippen molar-refractivity contribution in [3.05, 3.63) is 54.1 Å². The molecular weight excluding hydrogens is 320 g/mol. The third-order valence-corrected chi connectivity index (χ3v) is 4.15. The zero-order chi connectivity index (χ0) is 15.4. The first-order chi connectivity index (χ1) is 10.7. The van der Waals surface area contributed by atoms with Gasteiger partial charge in [0.2, 0.25) is 5.91 Å². The highest BCUT2D eigenvalue weighted by molar-refractivity contribution is 7.22. The predicted molar refractivity (Wildman–Crippen MR) is 89.7 cm³/mol. The number of rotatable bonds is 5. The highest BCUT2D eigenvalue weighted by atomic mass is 35.5. The summed E-state index contributed by atoms with van der Waals surface area (Å²) in [4.78, 5) is 15.6. The van der Waals surface area contributed by atoms with E-state index in [-0.39, 0.29) is 11.8 Å². The van der Waals surface area contributed by atoms with Gasteiger partial charge in [0.15, 0.2) is 5.13 Å². The molecule has 0 saturated carbocycles. The molecule has 0 bridgehead atoms. The molecule has 0 spiro atoms. The molecule has 1 amide bonds. The molecule has 112 valence electrons. The smallest absolute Gasteiger partial charge is 0.241 e. The molecule has 0 atom stereocenters. The number of anilines is 1. The Kier molecular flexibility index (Phi) is 4.56. The SMILES string of the molecule is O=C(CCl)Nc1nc2ccc(OCc3ccccc3)cc2s1. The summed E-state index contributed by atoms with van der Waals surface area (Å²) < 4.78 is 6.74. The normalized spacial score (nSPS) is 10.6. The summed E-state index contributed by atoms with van der Waals surface area (Å²) in [5, 5.41) is 3.20. The van der Waals surface area contributed by atoms with Gasteiger partial charge in [-0.15, -0.1) is 11.6 Å². The molecule has 3 rings (SSSR count). The third kappa shape index (κ3) is 3.55. The quantitative estimate of drug-likeness (QED) is 0.717. The Hall–Kier alpha value is -2.11. The number of carbonyl (C=O) groups excluding carboxylic acids is 1. The van der Waals surface area contributed by atoms with Crippen LogP contribution in [0.3, 0.4) is 0 Å². The third-order valence-electron chi connectivity index (χ3n) is 2.98. The van der Waals surface area contributed by atoms with E-state index in [0.29, 0.717) is 11.7 Å². The van der Waals surface area contributed by atoms with Crippen molar-refractivity contribution in [3.63, 3.8) is 0 Å². The van der Waals surface area contributed by atoms with Gasteiger partial charge < -0.3 is 10.1 Å². The van der Waals surface area contributed by atoms with E-state index in [1.807, 2.05) is 48.5 Å². The van der Waals surface area contributed by atoms with Gasteiger partial charge in [0.1, 0.15) is 18.2 Å². The second-order valence-electron chi connectivity index (χ2n) is 4.60. The van der Waals surface area contributed by atoms with Gasteiger partial charge in [0, 0.05) is 0 Å². The molecule has 1 heterocycles. The van der Waals surface area contributed by atoms with E-state index in [1.54, 1.807) is 0 Å². The lowest BCUT2D eigenvalue weighted by molar-refractivity contribution is -0.113. The summed E-state index contributed by atoms with van der Waals surface area (Å²) in [7, 11) is 0. The molecule has 0 aliphatic carbocycles. The first kappa shape index (κ1) is 14.8. The molecule has 0 aliphatic heterocycles. The first-order valence-corrected chi connectivity index (χ1v) is 8.03. The lowest BCUT2D eigenvalue weighted by atomic mass is 10.2. The van der Waals surface area contributed by atoms with Crippen LogP contribution < -0.4 is 10.1 Å². The fourth-order valence-corrected chi connectivity index (χ4v) is 2.92. The van der Waals surface area contributed by atoms with Crippen molar-refractivity contribution in [2.75, 3.05) is 11.2 Å². The van der Waals surface area contributed by atoms with Crippen molar-refractivity contribution in [3.8, 4) is 5.75 Å². The zero-order valence-corrected chi connectivity index (χ0v) is 13.2. The molecule has 0 aliphatic rings. The molecule has 22 heavy (non-hydrogen) atoms. The molecule has 0 unspecified atom stereocenters. The highest BCUT2D eigenvalue weighted by Crippen LogP contribution is 2.29. The van der Waals surface area contributed by atoms with Crippen LogP contribution in [-0.4, -0.2) is 16.8 Å². The summed E-state index contributed by atoms with van der Waals surface area (Å²) in [5.41, 5.74) is 1.93. The highest BCUT2D eigenvalue weighted by Gasteiger charge is 2.08. The lowest BCUT2D eigenvalue weighted by Crippen LogP contribution is -2.11. The minimum absolute atomic E-state index is 0.0820. The van der Waals surface area contributed by atoms with E-state index in [1.165, 1.54) is 11.3 Å². The van der Waals surface area contributed by atoms with Gasteiger partial charge in [-0.1, -0.05) is 41.7 Å². The zero-order valence-electron chi connectivity index (χ0n) is 11.6. The summed E-state index contributed by atoms with van der Waals surface area (Å²) in [6.45, 7) is 0.515. The van der Waals surface area contributed by atoms with Crippen molar-refractivity contribution in [1.29, 1.82) is 0 Å². The number of hydrogen-bond acceptors (Lipinski definition) is 4. The number of ether oxygens (including phenoxy) is 1. The van der Waals surface area contributed by atoms with Crippen LogP contribution >= 0.6 is 22.9 Å². The predicted octanol–water partition coefficient (Wildman–Crippen LogP) is 4.05. The largest absolute Gasteiger partial charge is 0.489 e. The Morgan fingerprint density at radius 2 is 2.05 bits per heavy atom. The molecule has 0 radical (unpaired) electrons. The van der Waals surface area contributed by atoms with Gasteiger partial charge in [-0.2, -0.15) is 0 Å². The van der Waals surface area contributed by atoms with E-state index < -0.39 is 0 Å². The fraction of sp³-hybridized carbons (Fsp3) is 0.125. The fourth-order valence-electron chi connectivity index (χ4n) is 1.94. The standard InChI is InChI=1S/C16H13ClN2O2S/c17-9-15(20)19-16-18-13-7-6-12(8-14(13)22-16)21-10-11-4-2-1-3-5-11/h1-8H,9-10H2,(H,18,19,20). The van der Waals surface area contributed by atoms with E-state index in [9.17, 15) is 4.79 Å². The van der Waals surface area contributed by atoms with Crippen LogP contribution in [0.25, 0.3) is 10.2 Å². The number of nitrogens with zero attached hydrogens (tertiary/aromatic N) is 1. The van der Waals surface area contributed by atoms with Crippen molar-refractivity contribution in [1.82, 2.24) is 4.98 Å². The molecule has 0 saturated heterocycles. The van der Waals surface area contributed by atoms with Crippen LogP contribution in [0.1, 0.15) is 5.56 Å². The summed E-state index contributed by atoms with van der Waals surface area (Å²) >= 11 is 6.87. The Labute approximate surface area is 136 Å². The van der Waals surface area contributed by atoms with E-state index >= 15 is 0 Å². The molecule has 2 aromatic carbocycles. The topological polar surface area (TPSA) is 51.2 Å². The Morgan fingerprint density at radius 3 is 2.82 bits per heavy atom. The van der Waals surface area contributed by atoms with Crippen LogP contribution in [0.4, 0.5) is 5.13 Å². The van der Waals surface area contributed by atoms with Gasteiger partial charge >= 0.3 is 0 Å². The molecule has 0 fully saturated rings. The number of benzene rings is 2. The lowest BCUT2D eigenvalue weighted by Gasteiger charge is -2.05. The minimum Gasteiger partial charge on any atom is -0.489 e. The molecule has 6 heteroatoms. The van der Waals surface area contributed by atoms with Crippen LogP contribution in [0, 0.1) is 0 Å². The molecule has 1 aromatic heterocycles. The second-order valence-corrected chi connectivity index (χ2v) is 5.90. The van der Waals surface area contributed by atoms with Crippen LogP contribution in [0.15, 0.2) is 48.5 Å². The van der Waals surface area contributed by atoms with Gasteiger partial charge in [-0.3, -0.25) is 4.79 Å². The van der Waals surface area contributed by atoms with E-state index in [4.69, 9.17) is 16.3 Å². The van der Waals surface area contributed by atoms with Crippen molar-refractivity contribution in [2.24, 2.45) is 0 Å². The maximum atomic E-state index is 11.3. The number of nitrogens with one attached hydrogen (secondary N) is 1. The number of aromatic nitrogens is 1. The maximum Gasteiger partial charge on any atom is 0.241 e. The number of amides is 1. The number of carbonyl (C=O) groups is 1. The summed E-state index contributed by atoms with van der Waals surface area (Å²) in [6, 6.07) is 15.7. The Bertz CT molecular complexity index is 789. The first-order valence-electron chi connectivity index (χ1n) is 6.68. The number of thiazole rings is 1. The van der Waals surface area contributed by atoms with Gasteiger partial charge in [0.25, 0.3) is 0 Å². The van der Waals surface area contributed by atoms with Crippen molar-refractivity contribution in [2.45, 2.75) is 6.61 Å². The average molecular weight is 333 g/mol.